The summed E-state index contributed by atoms with van der Waals surface area (Å²) < 4.78 is 11.5. The molecule has 1 saturated carbocycles. The summed E-state index contributed by atoms with van der Waals surface area (Å²) in [5, 5.41) is 0.599. The van der Waals surface area contributed by atoms with Gasteiger partial charge in [0.1, 0.15) is 18.8 Å². The second-order valence-electron chi connectivity index (χ2n) is 5.91. The molecule has 3 rings (SSSR count). The van der Waals surface area contributed by atoms with Crippen LogP contribution in [0.3, 0.4) is 0 Å². The van der Waals surface area contributed by atoms with Gasteiger partial charge in [0.2, 0.25) is 6.08 Å². The van der Waals surface area contributed by atoms with Crippen LogP contribution in [0.2, 0.25) is 5.02 Å². The first-order chi connectivity index (χ1) is 10.1. The number of nitrogens with zero attached hydrogens (tertiary/aromatic N) is 1. The summed E-state index contributed by atoms with van der Waals surface area (Å²) in [5.41, 5.74) is 1.39. The minimum absolute atomic E-state index is 0.202. The Morgan fingerprint density at radius 1 is 1.33 bits per heavy atom. The monoisotopic (exact) mass is 307 g/mol. The Morgan fingerprint density at radius 3 is 2.62 bits per heavy atom. The Kier molecular flexibility index (Phi) is 3.68. The van der Waals surface area contributed by atoms with E-state index in [-0.39, 0.29) is 5.92 Å². The van der Waals surface area contributed by atoms with Crippen molar-refractivity contribution in [2.45, 2.75) is 44.6 Å². The van der Waals surface area contributed by atoms with Gasteiger partial charge in [0.15, 0.2) is 11.5 Å². The average molecular weight is 308 g/mol. The second-order valence-corrected chi connectivity index (χ2v) is 6.32. The number of carbonyl (C=O) groups excluding carboxylic acids is 1. The summed E-state index contributed by atoms with van der Waals surface area (Å²) >= 11 is 6.52. The summed E-state index contributed by atoms with van der Waals surface area (Å²) in [6.07, 6.45) is 4.40. The first kappa shape index (κ1) is 14.4. The molecule has 0 amide bonds. The molecule has 0 radical (unpaired) electrons. The van der Waals surface area contributed by atoms with E-state index in [0.717, 1.165) is 36.1 Å². The van der Waals surface area contributed by atoms with E-state index in [1.54, 1.807) is 12.1 Å². The number of fused-ring (bicyclic) bond motifs is 1. The number of halogens is 1. The molecule has 21 heavy (non-hydrogen) atoms. The normalized spacial score (nSPS) is 18.9. The summed E-state index contributed by atoms with van der Waals surface area (Å²) in [6.45, 7) is 5.23. The number of isocyanates is 1. The Bertz CT molecular complexity index is 616. The molecule has 0 bridgehead atoms. The molecule has 1 aromatic rings. The number of aliphatic imine (C=N–C) groups is 1. The highest BCUT2D eigenvalue weighted by Crippen LogP contribution is 2.54. The second kappa shape index (κ2) is 5.36. The van der Waals surface area contributed by atoms with Crippen molar-refractivity contribution >= 4 is 17.7 Å². The van der Waals surface area contributed by atoms with Crippen molar-refractivity contribution in [3.63, 3.8) is 0 Å². The van der Waals surface area contributed by atoms with Gasteiger partial charge in [-0.15, -0.1) is 0 Å². The van der Waals surface area contributed by atoms with Crippen LogP contribution >= 0.6 is 11.6 Å². The third-order valence-corrected chi connectivity index (χ3v) is 4.60. The Morgan fingerprint density at radius 2 is 2.05 bits per heavy atom. The van der Waals surface area contributed by atoms with Crippen LogP contribution in [0.5, 0.6) is 11.5 Å². The maximum absolute atomic E-state index is 10.9. The molecule has 0 saturated heterocycles. The van der Waals surface area contributed by atoms with Crippen molar-refractivity contribution in [3.8, 4) is 11.5 Å². The fourth-order valence-corrected chi connectivity index (χ4v) is 3.60. The fourth-order valence-electron chi connectivity index (χ4n) is 3.22. The lowest BCUT2D eigenvalue weighted by Crippen LogP contribution is -2.34. The van der Waals surface area contributed by atoms with Crippen molar-refractivity contribution in [1.82, 2.24) is 0 Å². The highest BCUT2D eigenvalue weighted by atomic mass is 35.5. The quantitative estimate of drug-likeness (QED) is 0.627. The molecule has 0 aromatic heterocycles. The molecular formula is C16H18ClNO3. The minimum Gasteiger partial charge on any atom is -0.486 e. The van der Waals surface area contributed by atoms with Crippen molar-refractivity contribution in [3.05, 3.63) is 22.2 Å². The predicted molar refractivity (Wildman–Crippen MR) is 80.2 cm³/mol. The smallest absolute Gasteiger partial charge is 0.235 e. The molecule has 0 unspecified atom stereocenters. The van der Waals surface area contributed by atoms with E-state index in [1.165, 1.54) is 0 Å². The lowest BCUT2D eigenvalue weighted by Gasteiger charge is -2.40. The molecular weight excluding hydrogens is 290 g/mol. The zero-order chi connectivity index (χ0) is 15.0. The lowest BCUT2D eigenvalue weighted by atomic mass is 9.69. The van der Waals surface area contributed by atoms with Gasteiger partial charge in [0.25, 0.3) is 0 Å². The summed E-state index contributed by atoms with van der Waals surface area (Å²) in [4.78, 5) is 15.0. The van der Waals surface area contributed by atoms with Crippen LogP contribution in [0.1, 0.15) is 50.2 Å². The van der Waals surface area contributed by atoms with E-state index in [2.05, 4.69) is 18.8 Å². The maximum atomic E-state index is 10.9. The van der Waals surface area contributed by atoms with Gasteiger partial charge in [0.05, 0.1) is 5.02 Å². The molecule has 0 atom stereocenters. The van der Waals surface area contributed by atoms with Gasteiger partial charge in [-0.25, -0.2) is 4.79 Å². The molecule has 5 heteroatoms. The van der Waals surface area contributed by atoms with E-state index in [0.29, 0.717) is 24.0 Å². The van der Waals surface area contributed by atoms with Crippen molar-refractivity contribution < 1.29 is 14.3 Å². The van der Waals surface area contributed by atoms with Crippen molar-refractivity contribution in [2.24, 2.45) is 4.99 Å². The predicted octanol–water partition coefficient (Wildman–Crippen LogP) is 3.95. The SMILES string of the molecule is CC(C)c1c2c(cc(Cl)c1C1(N=C=O)CCC1)OCCO2. The molecule has 2 aliphatic rings. The molecule has 4 nitrogen and oxygen atoms in total. The van der Waals surface area contributed by atoms with Crippen LogP contribution in [-0.2, 0) is 10.3 Å². The zero-order valence-electron chi connectivity index (χ0n) is 12.2. The topological polar surface area (TPSA) is 47.9 Å². The highest BCUT2D eigenvalue weighted by Gasteiger charge is 2.44. The average Bonchev–Trinajstić information content (AvgIpc) is 2.41. The lowest BCUT2D eigenvalue weighted by molar-refractivity contribution is 0.167. The van der Waals surface area contributed by atoms with E-state index < -0.39 is 5.54 Å². The van der Waals surface area contributed by atoms with Crippen LogP contribution in [0.25, 0.3) is 0 Å². The first-order valence-electron chi connectivity index (χ1n) is 7.30. The van der Waals surface area contributed by atoms with Gasteiger partial charge in [0, 0.05) is 17.2 Å². The maximum Gasteiger partial charge on any atom is 0.235 e. The van der Waals surface area contributed by atoms with E-state index >= 15 is 0 Å². The van der Waals surface area contributed by atoms with E-state index in [9.17, 15) is 4.79 Å². The van der Waals surface area contributed by atoms with E-state index in [4.69, 9.17) is 21.1 Å². The molecule has 112 valence electrons. The van der Waals surface area contributed by atoms with Gasteiger partial charge in [-0.3, -0.25) is 0 Å². The summed E-state index contributed by atoms with van der Waals surface area (Å²) in [6, 6.07) is 1.79. The summed E-state index contributed by atoms with van der Waals surface area (Å²) in [7, 11) is 0. The number of hydrogen-bond donors (Lipinski definition) is 0. The first-order valence-corrected chi connectivity index (χ1v) is 7.68. The molecule has 1 heterocycles. The molecule has 1 aromatic carbocycles. The fraction of sp³-hybridized carbons (Fsp3) is 0.562. The highest BCUT2D eigenvalue weighted by molar-refractivity contribution is 6.32. The summed E-state index contributed by atoms with van der Waals surface area (Å²) in [5.74, 6) is 1.64. The van der Waals surface area contributed by atoms with Gasteiger partial charge in [-0.1, -0.05) is 25.4 Å². The molecule has 1 aliphatic carbocycles. The Labute approximate surface area is 129 Å². The van der Waals surface area contributed by atoms with Crippen LogP contribution in [-0.4, -0.2) is 19.3 Å². The van der Waals surface area contributed by atoms with Crippen molar-refractivity contribution in [1.29, 1.82) is 0 Å². The van der Waals surface area contributed by atoms with Gasteiger partial charge in [-0.05, 0) is 25.2 Å². The Balaban J connectivity index is 2.26. The van der Waals surface area contributed by atoms with Gasteiger partial charge < -0.3 is 9.47 Å². The standard InChI is InChI=1S/C16H18ClNO3/c1-10(2)13-14(16(18-9-19)4-3-5-16)11(17)8-12-15(13)21-7-6-20-12/h8,10H,3-7H2,1-2H3. The number of rotatable bonds is 3. The van der Waals surface area contributed by atoms with Crippen LogP contribution < -0.4 is 9.47 Å². The van der Waals surface area contributed by atoms with Crippen molar-refractivity contribution in [2.75, 3.05) is 13.2 Å². The zero-order valence-corrected chi connectivity index (χ0v) is 13.0. The third kappa shape index (κ3) is 2.23. The minimum atomic E-state index is -0.533. The Hall–Kier alpha value is -1.51. The van der Waals surface area contributed by atoms with Crippen LogP contribution in [0.4, 0.5) is 0 Å². The molecule has 0 N–H and O–H groups in total. The van der Waals surface area contributed by atoms with Gasteiger partial charge in [-0.2, -0.15) is 4.99 Å². The number of benzene rings is 1. The largest absolute Gasteiger partial charge is 0.486 e. The third-order valence-electron chi connectivity index (χ3n) is 4.30. The van der Waals surface area contributed by atoms with E-state index in [1.807, 2.05) is 0 Å². The number of hydrogen-bond acceptors (Lipinski definition) is 4. The molecule has 0 spiro atoms. The molecule has 1 fully saturated rings. The van der Waals surface area contributed by atoms with Crippen LogP contribution in [0.15, 0.2) is 11.1 Å². The van der Waals surface area contributed by atoms with Gasteiger partial charge >= 0.3 is 0 Å². The van der Waals surface area contributed by atoms with Crippen LogP contribution in [0, 0.1) is 0 Å². The molecule has 1 aliphatic heterocycles. The number of ether oxygens (including phenoxy) is 2.